The van der Waals surface area contributed by atoms with Crippen molar-refractivity contribution in [2.75, 3.05) is 43.9 Å². The second-order valence-electron chi connectivity index (χ2n) is 7.88. The highest BCUT2D eigenvalue weighted by Crippen LogP contribution is 2.20. The van der Waals surface area contributed by atoms with E-state index in [2.05, 4.69) is 72.8 Å². The third kappa shape index (κ3) is 3.84. The molecule has 1 saturated heterocycles. The van der Waals surface area contributed by atoms with Crippen molar-refractivity contribution in [2.45, 2.75) is 13.0 Å². The number of H-pyrrole nitrogens is 1. The average Bonchev–Trinajstić information content (AvgIpc) is 3.39. The van der Waals surface area contributed by atoms with Crippen molar-refractivity contribution >= 4 is 22.7 Å². The van der Waals surface area contributed by atoms with Crippen LogP contribution in [0.4, 0.5) is 11.5 Å². The van der Waals surface area contributed by atoms with Crippen molar-refractivity contribution in [3.8, 4) is 0 Å². The molecule has 0 atom stereocenters. The summed E-state index contributed by atoms with van der Waals surface area (Å²) in [4.78, 5) is 9.00. The van der Waals surface area contributed by atoms with E-state index in [0.717, 1.165) is 49.4 Å². The number of aromatic nitrogens is 6. The third-order valence-electron chi connectivity index (χ3n) is 5.62. The summed E-state index contributed by atoms with van der Waals surface area (Å²) in [5.41, 5.74) is 11.8. The van der Waals surface area contributed by atoms with E-state index in [4.69, 9.17) is 5.73 Å². The van der Waals surface area contributed by atoms with Gasteiger partial charge in [-0.2, -0.15) is 15.4 Å². The molecule has 1 aliphatic rings. The Labute approximate surface area is 174 Å². The van der Waals surface area contributed by atoms with Crippen LogP contribution in [0, 0.1) is 0 Å². The fraction of sp³-hybridized carbons (Fsp3) is 0.333. The Balaban J connectivity index is 1.26. The Kier molecular flexibility index (Phi) is 4.80. The largest absolute Gasteiger partial charge is 0.384 e. The highest BCUT2D eigenvalue weighted by Gasteiger charge is 2.14. The lowest BCUT2D eigenvalue weighted by Gasteiger charge is -2.34. The summed E-state index contributed by atoms with van der Waals surface area (Å²) in [6, 6.07) is 10.7. The first kappa shape index (κ1) is 18.6. The fourth-order valence-electron chi connectivity index (χ4n) is 3.92. The molecule has 0 bridgehead atoms. The Morgan fingerprint density at radius 3 is 2.63 bits per heavy atom. The number of benzene rings is 1. The van der Waals surface area contributed by atoms with E-state index >= 15 is 0 Å². The van der Waals surface area contributed by atoms with Gasteiger partial charge in [0.1, 0.15) is 11.3 Å². The van der Waals surface area contributed by atoms with Crippen LogP contribution in [0.1, 0.15) is 16.7 Å². The Bertz CT molecular complexity index is 1140. The Morgan fingerprint density at radius 1 is 1.03 bits per heavy atom. The van der Waals surface area contributed by atoms with Crippen LogP contribution in [0.15, 0.2) is 42.7 Å². The molecule has 5 rings (SSSR count). The Morgan fingerprint density at radius 2 is 1.83 bits per heavy atom. The number of aromatic amines is 1. The van der Waals surface area contributed by atoms with Crippen LogP contribution in [0.25, 0.3) is 11.2 Å². The predicted octanol–water partition coefficient (Wildman–Crippen LogP) is 1.52. The van der Waals surface area contributed by atoms with Gasteiger partial charge in [-0.1, -0.05) is 12.1 Å². The van der Waals surface area contributed by atoms with Gasteiger partial charge in [-0.3, -0.25) is 4.68 Å². The molecule has 154 valence electrons. The highest BCUT2D eigenvalue weighted by atomic mass is 15.3. The summed E-state index contributed by atoms with van der Waals surface area (Å²) < 4.78 is 1.96. The average molecular weight is 403 g/mol. The van der Waals surface area contributed by atoms with Crippen LogP contribution in [0.2, 0.25) is 0 Å². The summed E-state index contributed by atoms with van der Waals surface area (Å²) >= 11 is 0. The van der Waals surface area contributed by atoms with E-state index in [0.29, 0.717) is 17.9 Å². The summed E-state index contributed by atoms with van der Waals surface area (Å²) in [5, 5.41) is 15.4. The highest BCUT2D eigenvalue weighted by molar-refractivity contribution is 5.76. The molecule has 0 spiro atoms. The molecule has 3 N–H and O–H groups in total. The van der Waals surface area contributed by atoms with E-state index in [9.17, 15) is 0 Å². The number of hydrogen-bond acceptors (Lipinski definition) is 7. The number of nitrogens with one attached hydrogen (secondary N) is 1. The first-order valence-corrected chi connectivity index (χ1v) is 10.1. The van der Waals surface area contributed by atoms with Crippen LogP contribution in [0.3, 0.4) is 0 Å². The van der Waals surface area contributed by atoms with E-state index in [-0.39, 0.29) is 0 Å². The van der Waals surface area contributed by atoms with Crippen LogP contribution >= 0.6 is 0 Å². The molecular formula is C21H25N9. The number of nitrogen functional groups attached to an aromatic ring is 1. The van der Waals surface area contributed by atoms with Gasteiger partial charge in [0, 0.05) is 44.5 Å². The number of nitrogens with zero attached hydrogens (tertiary/aromatic N) is 7. The maximum absolute atomic E-state index is 5.90. The first-order valence-electron chi connectivity index (χ1n) is 10.1. The van der Waals surface area contributed by atoms with E-state index in [1.54, 1.807) is 0 Å². The van der Waals surface area contributed by atoms with Crippen molar-refractivity contribution < 1.29 is 0 Å². The van der Waals surface area contributed by atoms with Crippen LogP contribution in [0.5, 0.6) is 0 Å². The van der Waals surface area contributed by atoms with Crippen LogP contribution in [-0.4, -0.2) is 68.3 Å². The lowest BCUT2D eigenvalue weighted by Crippen LogP contribution is -2.44. The smallest absolute Gasteiger partial charge is 0.203 e. The lowest BCUT2D eigenvalue weighted by atomic mass is 10.1. The number of piperazine rings is 1. The number of rotatable bonds is 5. The van der Waals surface area contributed by atoms with Crippen molar-refractivity contribution in [3.63, 3.8) is 0 Å². The van der Waals surface area contributed by atoms with Crippen LogP contribution < -0.4 is 10.6 Å². The van der Waals surface area contributed by atoms with Gasteiger partial charge in [0.15, 0.2) is 0 Å². The van der Waals surface area contributed by atoms with Gasteiger partial charge in [0.25, 0.3) is 0 Å². The predicted molar refractivity (Wildman–Crippen MR) is 116 cm³/mol. The molecule has 1 aromatic carbocycles. The summed E-state index contributed by atoms with van der Waals surface area (Å²) in [7, 11) is 2.18. The van der Waals surface area contributed by atoms with Gasteiger partial charge in [-0.25, -0.2) is 4.98 Å². The second-order valence-corrected chi connectivity index (χ2v) is 7.88. The Hall–Kier alpha value is -3.46. The van der Waals surface area contributed by atoms with Gasteiger partial charge in [-0.15, -0.1) is 5.10 Å². The molecule has 4 heterocycles. The molecule has 9 nitrogen and oxygen atoms in total. The second kappa shape index (κ2) is 7.75. The maximum atomic E-state index is 5.90. The third-order valence-corrected chi connectivity index (χ3v) is 5.62. The molecule has 3 aromatic heterocycles. The van der Waals surface area contributed by atoms with Crippen molar-refractivity contribution in [2.24, 2.45) is 0 Å². The number of likely N-dealkylation sites (N-methyl/N-ethyl adjacent to an activating group) is 1. The molecule has 0 unspecified atom stereocenters. The molecule has 9 heteroatoms. The minimum atomic E-state index is 0.444. The monoisotopic (exact) mass is 403 g/mol. The first-order chi connectivity index (χ1) is 14.6. The number of fused-ring (bicyclic) bond motifs is 1. The van der Waals surface area contributed by atoms with Crippen LogP contribution in [-0.2, 0) is 13.0 Å². The zero-order valence-corrected chi connectivity index (χ0v) is 17.0. The van der Waals surface area contributed by atoms with E-state index < -0.39 is 0 Å². The molecule has 1 fully saturated rings. The topological polar surface area (TPSA) is 105 Å². The molecule has 30 heavy (non-hydrogen) atoms. The zero-order valence-electron chi connectivity index (χ0n) is 17.0. The molecular weight excluding hydrogens is 378 g/mol. The van der Waals surface area contributed by atoms with Gasteiger partial charge < -0.3 is 15.5 Å². The van der Waals surface area contributed by atoms with Gasteiger partial charge in [0.05, 0.1) is 12.7 Å². The molecule has 0 radical (unpaired) electrons. The van der Waals surface area contributed by atoms with Gasteiger partial charge in [-0.05, 0) is 41.9 Å². The molecule has 1 aliphatic heterocycles. The quantitative estimate of drug-likeness (QED) is 0.520. The summed E-state index contributed by atoms with van der Waals surface area (Å²) in [6.45, 7) is 5.12. The van der Waals surface area contributed by atoms with Gasteiger partial charge >= 0.3 is 0 Å². The normalized spacial score (nSPS) is 15.2. The molecule has 0 amide bonds. The standard InChI is InChI=1S/C21H25N9/c1-28-6-8-29(9-7-28)18-4-2-15(3-5-18)13-30-14-16(12-23-30)10-17-11-19(22)24-21-20(17)25-27-26-21/h2-5,11-12,14H,6-10,13H2,1H3,(H3,22,24,25,26,27). The molecule has 0 saturated carbocycles. The number of pyridine rings is 1. The SMILES string of the molecule is CN1CCN(c2ccc(Cn3cc(Cc4cc(N)nc5n[nH]nc45)cn3)cc2)CC1. The minimum Gasteiger partial charge on any atom is -0.384 e. The van der Waals surface area contributed by atoms with Crippen molar-refractivity contribution in [1.29, 1.82) is 0 Å². The summed E-state index contributed by atoms with van der Waals surface area (Å²) in [6.07, 6.45) is 4.64. The maximum Gasteiger partial charge on any atom is 0.203 e. The number of nitrogens with two attached hydrogens (primary N) is 1. The minimum absolute atomic E-state index is 0.444. The molecule has 0 aliphatic carbocycles. The summed E-state index contributed by atoms with van der Waals surface area (Å²) in [5.74, 6) is 0.444. The van der Waals surface area contributed by atoms with Crippen molar-refractivity contribution in [3.05, 3.63) is 59.4 Å². The zero-order chi connectivity index (χ0) is 20.5. The van der Waals surface area contributed by atoms with Crippen molar-refractivity contribution in [1.82, 2.24) is 35.1 Å². The van der Waals surface area contributed by atoms with E-state index in [1.165, 1.54) is 11.3 Å². The number of hydrogen-bond donors (Lipinski definition) is 2. The number of anilines is 2. The van der Waals surface area contributed by atoms with Gasteiger partial charge in [0.2, 0.25) is 5.65 Å². The molecule has 4 aromatic rings. The van der Waals surface area contributed by atoms with E-state index in [1.807, 2.05) is 16.9 Å². The lowest BCUT2D eigenvalue weighted by molar-refractivity contribution is 0.313. The fourth-order valence-corrected chi connectivity index (χ4v) is 3.92.